The molecule has 2 aliphatic rings. The van der Waals surface area contributed by atoms with Crippen LogP contribution in [0, 0.1) is 0 Å². The van der Waals surface area contributed by atoms with Crippen molar-refractivity contribution < 1.29 is 28.6 Å². The number of nitrogens with zero attached hydrogens (tertiary/aromatic N) is 2. The van der Waals surface area contributed by atoms with Crippen LogP contribution in [0.15, 0.2) is 48.5 Å². The minimum Gasteiger partial charge on any atom is -0.493 e. The number of likely N-dealkylation sites (tertiary alicyclic amines) is 1. The smallest absolute Gasteiger partial charge is 0.256 e. The molecule has 198 valence electrons. The van der Waals surface area contributed by atoms with Crippen LogP contribution < -0.4 is 14.8 Å². The summed E-state index contributed by atoms with van der Waals surface area (Å²) in [5, 5.41) is 3.00. The third-order valence-electron chi connectivity index (χ3n) is 7.27. The second-order valence-corrected chi connectivity index (χ2v) is 9.49. The Morgan fingerprint density at radius 1 is 1.00 bits per heavy atom. The summed E-state index contributed by atoms with van der Waals surface area (Å²) >= 11 is 0. The van der Waals surface area contributed by atoms with Crippen molar-refractivity contribution >= 4 is 17.7 Å². The van der Waals surface area contributed by atoms with Gasteiger partial charge in [-0.3, -0.25) is 19.3 Å². The number of methoxy groups -OCH3 is 2. The molecule has 2 atom stereocenters. The topological polar surface area (TPSA) is 97.4 Å². The Morgan fingerprint density at radius 2 is 1.68 bits per heavy atom. The largest absolute Gasteiger partial charge is 0.493 e. The van der Waals surface area contributed by atoms with Gasteiger partial charge in [-0.1, -0.05) is 25.1 Å². The van der Waals surface area contributed by atoms with Gasteiger partial charge in [0.05, 0.1) is 20.8 Å². The van der Waals surface area contributed by atoms with Crippen molar-refractivity contribution in [1.82, 2.24) is 15.1 Å². The number of ether oxygens (including phenoxy) is 3. The second-order valence-electron chi connectivity index (χ2n) is 9.49. The summed E-state index contributed by atoms with van der Waals surface area (Å²) in [6, 6.07) is 13.3. The average Bonchev–Trinajstić information content (AvgIpc) is 3.31. The maximum atomic E-state index is 13.7. The van der Waals surface area contributed by atoms with Crippen molar-refractivity contribution in [2.75, 3.05) is 33.9 Å². The fraction of sp³-hybridized carbons (Fsp3) is 0.464. The minimum atomic E-state index is -0.960. The highest BCUT2D eigenvalue weighted by Crippen LogP contribution is 2.39. The zero-order valence-corrected chi connectivity index (χ0v) is 21.9. The predicted octanol–water partition coefficient (Wildman–Crippen LogP) is 3.09. The predicted molar refractivity (Wildman–Crippen MR) is 138 cm³/mol. The van der Waals surface area contributed by atoms with Crippen LogP contribution in [0.25, 0.3) is 0 Å². The number of hydrogen-bond acceptors (Lipinski definition) is 6. The lowest BCUT2D eigenvalue weighted by Crippen LogP contribution is -2.60. The van der Waals surface area contributed by atoms with Crippen LogP contribution in [0.3, 0.4) is 0 Å². The number of hydrogen-bond donors (Lipinski definition) is 1. The highest BCUT2D eigenvalue weighted by Gasteiger charge is 2.54. The van der Waals surface area contributed by atoms with E-state index in [9.17, 15) is 14.4 Å². The fourth-order valence-electron chi connectivity index (χ4n) is 4.94. The molecule has 37 heavy (non-hydrogen) atoms. The van der Waals surface area contributed by atoms with E-state index in [1.165, 1.54) is 7.11 Å². The van der Waals surface area contributed by atoms with E-state index in [2.05, 4.69) is 5.32 Å². The van der Waals surface area contributed by atoms with Crippen LogP contribution >= 0.6 is 0 Å². The number of rotatable bonds is 7. The lowest BCUT2D eigenvalue weighted by Gasteiger charge is -2.44. The molecule has 0 radical (unpaired) electrons. The van der Waals surface area contributed by atoms with E-state index in [1.54, 1.807) is 59.4 Å². The molecule has 0 aromatic heterocycles. The van der Waals surface area contributed by atoms with Gasteiger partial charge < -0.3 is 24.4 Å². The van der Waals surface area contributed by atoms with Crippen molar-refractivity contribution in [3.63, 3.8) is 0 Å². The number of carbonyl (C=O) groups is 3. The molecule has 4 rings (SSSR count). The number of amides is 3. The van der Waals surface area contributed by atoms with Gasteiger partial charge in [-0.2, -0.15) is 0 Å². The molecule has 2 aromatic rings. The summed E-state index contributed by atoms with van der Waals surface area (Å²) in [5.74, 6) is 0.422. The Balaban J connectivity index is 1.55. The standard InChI is InChI=1S/C28H35N3O6/c1-5-19(2)29-25(32)22-18-37-28(31(22)27(34)20-9-7-6-8-10-20)13-15-30(16-14-28)26(33)21-11-12-23(35-3)24(17-21)36-4/h6-12,17,19,22H,5,13-16,18H2,1-4H3,(H,29,32). The summed E-state index contributed by atoms with van der Waals surface area (Å²) in [6.45, 7) is 4.81. The van der Waals surface area contributed by atoms with E-state index in [0.717, 1.165) is 6.42 Å². The van der Waals surface area contributed by atoms with Crippen molar-refractivity contribution in [1.29, 1.82) is 0 Å². The summed E-state index contributed by atoms with van der Waals surface area (Å²) in [4.78, 5) is 43.5. The SMILES string of the molecule is CCC(C)NC(=O)C1COC2(CCN(C(=O)c3ccc(OC)c(OC)c3)CC2)N1C(=O)c1ccccc1. The molecular weight excluding hydrogens is 474 g/mol. The molecule has 2 saturated heterocycles. The van der Waals surface area contributed by atoms with E-state index in [1.807, 2.05) is 19.9 Å². The zero-order chi connectivity index (χ0) is 26.6. The third-order valence-corrected chi connectivity index (χ3v) is 7.27. The number of nitrogens with one attached hydrogen (secondary N) is 1. The van der Waals surface area contributed by atoms with Gasteiger partial charge in [-0.25, -0.2) is 0 Å². The maximum absolute atomic E-state index is 13.7. The quantitative estimate of drug-likeness (QED) is 0.616. The van der Waals surface area contributed by atoms with Crippen LogP contribution in [0.5, 0.6) is 11.5 Å². The van der Waals surface area contributed by atoms with Gasteiger partial charge >= 0.3 is 0 Å². The second kappa shape index (κ2) is 11.2. The zero-order valence-electron chi connectivity index (χ0n) is 21.9. The Labute approximate surface area is 217 Å². The van der Waals surface area contributed by atoms with Gasteiger partial charge in [0.1, 0.15) is 11.8 Å². The van der Waals surface area contributed by atoms with Crippen molar-refractivity contribution in [2.24, 2.45) is 0 Å². The molecule has 1 N–H and O–H groups in total. The molecule has 2 unspecified atom stereocenters. The van der Waals surface area contributed by atoms with E-state index in [0.29, 0.717) is 48.6 Å². The fourth-order valence-corrected chi connectivity index (χ4v) is 4.94. The van der Waals surface area contributed by atoms with Crippen LogP contribution in [-0.2, 0) is 9.53 Å². The molecule has 2 heterocycles. The number of carbonyl (C=O) groups excluding carboxylic acids is 3. The molecule has 0 aliphatic carbocycles. The molecule has 3 amide bonds. The van der Waals surface area contributed by atoms with Crippen LogP contribution in [0.1, 0.15) is 53.8 Å². The van der Waals surface area contributed by atoms with Crippen molar-refractivity contribution in [2.45, 2.75) is 50.9 Å². The first-order valence-corrected chi connectivity index (χ1v) is 12.7. The molecule has 2 aliphatic heterocycles. The van der Waals surface area contributed by atoms with Gasteiger partial charge in [0.25, 0.3) is 11.8 Å². The third kappa shape index (κ3) is 5.27. The van der Waals surface area contributed by atoms with E-state index < -0.39 is 11.8 Å². The van der Waals surface area contributed by atoms with Crippen LogP contribution in [-0.4, -0.2) is 79.2 Å². The first-order chi connectivity index (χ1) is 17.8. The monoisotopic (exact) mass is 509 g/mol. The van der Waals surface area contributed by atoms with Gasteiger partial charge in [0, 0.05) is 43.1 Å². The first-order valence-electron chi connectivity index (χ1n) is 12.7. The van der Waals surface area contributed by atoms with Gasteiger partial charge in [0.2, 0.25) is 5.91 Å². The number of piperidine rings is 1. The van der Waals surface area contributed by atoms with Gasteiger partial charge in [-0.15, -0.1) is 0 Å². The minimum absolute atomic E-state index is 0.0151. The molecule has 1 spiro atoms. The lowest BCUT2D eigenvalue weighted by atomic mass is 9.96. The Kier molecular flexibility index (Phi) is 8.02. The van der Waals surface area contributed by atoms with E-state index >= 15 is 0 Å². The van der Waals surface area contributed by atoms with Crippen molar-refractivity contribution in [3.8, 4) is 11.5 Å². The van der Waals surface area contributed by atoms with Crippen LogP contribution in [0.2, 0.25) is 0 Å². The van der Waals surface area contributed by atoms with Gasteiger partial charge in [-0.05, 0) is 43.7 Å². The molecular formula is C28H35N3O6. The van der Waals surface area contributed by atoms with Gasteiger partial charge in [0.15, 0.2) is 11.5 Å². The van der Waals surface area contributed by atoms with Crippen LogP contribution in [0.4, 0.5) is 0 Å². The highest BCUT2D eigenvalue weighted by atomic mass is 16.5. The summed E-state index contributed by atoms with van der Waals surface area (Å²) in [5.41, 5.74) is 0.0280. The van der Waals surface area contributed by atoms with E-state index in [-0.39, 0.29) is 30.4 Å². The lowest BCUT2D eigenvalue weighted by molar-refractivity contribution is -0.128. The van der Waals surface area contributed by atoms with Crippen molar-refractivity contribution in [3.05, 3.63) is 59.7 Å². The average molecular weight is 510 g/mol. The first kappa shape index (κ1) is 26.5. The molecule has 2 aromatic carbocycles. The molecule has 9 nitrogen and oxygen atoms in total. The normalized spacial score (nSPS) is 19.4. The Hall–Kier alpha value is -3.59. The Morgan fingerprint density at radius 3 is 2.30 bits per heavy atom. The summed E-state index contributed by atoms with van der Waals surface area (Å²) in [6.07, 6.45) is 1.58. The summed E-state index contributed by atoms with van der Waals surface area (Å²) < 4.78 is 16.9. The van der Waals surface area contributed by atoms with E-state index in [4.69, 9.17) is 14.2 Å². The highest BCUT2D eigenvalue weighted by molar-refractivity contribution is 5.98. The molecule has 0 saturated carbocycles. The Bertz CT molecular complexity index is 1130. The maximum Gasteiger partial charge on any atom is 0.256 e. The molecule has 0 bridgehead atoms. The molecule has 2 fully saturated rings. The summed E-state index contributed by atoms with van der Waals surface area (Å²) in [7, 11) is 3.07. The molecule has 9 heteroatoms. The number of benzene rings is 2.